The molecular formula is C61H80N2O12. The van der Waals surface area contributed by atoms with E-state index >= 15 is 0 Å². The highest BCUT2D eigenvalue weighted by molar-refractivity contribution is 5.92. The Hall–Kier alpha value is -6.38. The zero-order valence-electron chi connectivity index (χ0n) is 44.2. The second-order valence-electron chi connectivity index (χ2n) is 19.2. The van der Waals surface area contributed by atoms with Crippen LogP contribution < -0.4 is 10.6 Å². The van der Waals surface area contributed by atoms with Crippen molar-refractivity contribution in [1.29, 1.82) is 0 Å². The van der Waals surface area contributed by atoms with Crippen LogP contribution in [0.2, 0.25) is 0 Å². The summed E-state index contributed by atoms with van der Waals surface area (Å²) in [6.07, 6.45) is 13.7. The molecule has 6 atom stereocenters. The van der Waals surface area contributed by atoms with Gasteiger partial charge in [-0.1, -0.05) is 196 Å². The Morgan fingerprint density at radius 3 is 1.31 bits per heavy atom. The van der Waals surface area contributed by atoms with Crippen LogP contribution in [0, 0.1) is 0 Å². The quantitative estimate of drug-likeness (QED) is 0.0253. The fourth-order valence-corrected chi connectivity index (χ4v) is 8.85. The summed E-state index contributed by atoms with van der Waals surface area (Å²) in [5.41, 5.74) is 0.629. The van der Waals surface area contributed by atoms with Crippen LogP contribution in [0.5, 0.6) is 0 Å². The molecule has 2 amide bonds. The standard InChI is InChI=1S/C61H80N2O12/c1-3-5-7-9-10-11-12-13-14-15-16-17-18-19-32-42-52(64)63-50(56(65)62-43-33-8-6-4-2)44-71-61-55(75-60(69)49-40-30-23-31-41-49)54(74-59(68)48-38-28-22-29-39-48)53(73-58(67)47-36-26-21-27-37-47)51(72-61)45-70-57(66)46-34-24-20-25-35-46/h20-31,34-41,50-51,53-55,61H,3-19,32-33,42-45H2,1-2H3,(H,62,65)(H,63,64)/t50?,51-,53+,54+,55-,61?/m1/s1. The predicted octanol–water partition coefficient (Wildman–Crippen LogP) is 11.7. The number of carbonyl (C=O) groups is 6. The van der Waals surface area contributed by atoms with E-state index in [9.17, 15) is 28.8 Å². The molecule has 14 nitrogen and oxygen atoms in total. The predicted molar refractivity (Wildman–Crippen MR) is 287 cm³/mol. The van der Waals surface area contributed by atoms with Gasteiger partial charge in [-0.3, -0.25) is 9.59 Å². The molecule has 1 fully saturated rings. The molecule has 4 aromatic rings. The van der Waals surface area contributed by atoms with Crippen LogP contribution in [-0.4, -0.2) is 92.2 Å². The van der Waals surface area contributed by atoms with E-state index in [2.05, 4.69) is 24.5 Å². The fourth-order valence-electron chi connectivity index (χ4n) is 8.85. The van der Waals surface area contributed by atoms with Crippen molar-refractivity contribution in [1.82, 2.24) is 10.6 Å². The van der Waals surface area contributed by atoms with Crippen molar-refractivity contribution in [3.63, 3.8) is 0 Å². The SMILES string of the molecule is CCCCCCCCCCCCCCCCCC(=O)NC(COC1O[C@H](COC(=O)c2ccccc2)[C@H](OC(=O)c2ccccc2)[C@H](OC(=O)c2ccccc2)[C@H]1OC(=O)c1ccccc1)C(=O)NCCCCCC. The average Bonchev–Trinajstić information content (AvgIpc) is 3.44. The van der Waals surface area contributed by atoms with E-state index in [1.54, 1.807) is 84.9 Å². The Morgan fingerprint density at radius 2 is 0.853 bits per heavy atom. The third kappa shape index (κ3) is 21.8. The minimum atomic E-state index is -1.67. The molecule has 0 saturated carbocycles. The topological polar surface area (TPSA) is 182 Å². The first kappa shape index (κ1) is 59.5. The lowest BCUT2D eigenvalue weighted by atomic mass is 9.97. The molecule has 0 bridgehead atoms. The summed E-state index contributed by atoms with van der Waals surface area (Å²) in [6, 6.07) is 31.2. The first-order chi connectivity index (χ1) is 36.7. The molecule has 0 radical (unpaired) electrons. The number of amides is 2. The Labute approximate surface area is 444 Å². The highest BCUT2D eigenvalue weighted by Crippen LogP contribution is 2.32. The van der Waals surface area contributed by atoms with Crippen molar-refractivity contribution in [2.75, 3.05) is 19.8 Å². The highest BCUT2D eigenvalue weighted by atomic mass is 16.7. The van der Waals surface area contributed by atoms with Crippen LogP contribution in [0.3, 0.4) is 0 Å². The molecule has 1 saturated heterocycles. The van der Waals surface area contributed by atoms with Gasteiger partial charge in [-0.15, -0.1) is 0 Å². The Balaban J connectivity index is 1.36. The van der Waals surface area contributed by atoms with Gasteiger partial charge in [-0.05, 0) is 61.4 Å². The number of ether oxygens (including phenoxy) is 6. The minimum Gasteiger partial charge on any atom is -0.459 e. The molecule has 1 heterocycles. The number of benzene rings is 4. The molecule has 4 aromatic carbocycles. The first-order valence-corrected chi connectivity index (χ1v) is 27.5. The van der Waals surface area contributed by atoms with E-state index in [0.717, 1.165) is 44.9 Å². The Morgan fingerprint density at radius 1 is 0.467 bits per heavy atom. The van der Waals surface area contributed by atoms with Gasteiger partial charge in [0.05, 0.1) is 28.9 Å². The van der Waals surface area contributed by atoms with Crippen LogP contribution in [0.25, 0.3) is 0 Å². The zero-order valence-corrected chi connectivity index (χ0v) is 44.2. The van der Waals surface area contributed by atoms with Gasteiger partial charge in [-0.2, -0.15) is 0 Å². The van der Waals surface area contributed by atoms with Crippen molar-refractivity contribution >= 4 is 35.7 Å². The third-order valence-electron chi connectivity index (χ3n) is 13.2. The second kappa shape index (κ2) is 35.0. The summed E-state index contributed by atoms with van der Waals surface area (Å²) in [4.78, 5) is 83.1. The summed E-state index contributed by atoms with van der Waals surface area (Å²) in [6.45, 7) is 3.66. The molecule has 14 heteroatoms. The minimum absolute atomic E-state index is 0.127. The maximum atomic E-state index is 14.1. The second-order valence-corrected chi connectivity index (χ2v) is 19.2. The van der Waals surface area contributed by atoms with E-state index in [-0.39, 0.29) is 34.6 Å². The summed E-state index contributed by atoms with van der Waals surface area (Å²) in [5, 5.41) is 5.80. The van der Waals surface area contributed by atoms with Gasteiger partial charge < -0.3 is 39.1 Å². The molecular weight excluding hydrogens is 953 g/mol. The normalized spacial score (nSPS) is 17.5. The molecule has 406 valence electrons. The van der Waals surface area contributed by atoms with Crippen molar-refractivity contribution < 1.29 is 57.2 Å². The smallest absolute Gasteiger partial charge is 0.338 e. The lowest BCUT2D eigenvalue weighted by Gasteiger charge is -2.44. The number of unbranched alkanes of at least 4 members (excludes halogenated alkanes) is 17. The van der Waals surface area contributed by atoms with Crippen LogP contribution in [-0.2, 0) is 38.0 Å². The summed E-state index contributed by atoms with van der Waals surface area (Å²) < 4.78 is 37.2. The van der Waals surface area contributed by atoms with Crippen LogP contribution in [0.4, 0.5) is 0 Å². The molecule has 1 aliphatic rings. The number of hydrogen-bond acceptors (Lipinski definition) is 12. The van der Waals surface area contributed by atoms with Crippen LogP contribution >= 0.6 is 0 Å². The van der Waals surface area contributed by atoms with Gasteiger partial charge in [0.2, 0.25) is 11.8 Å². The number of nitrogens with one attached hydrogen (secondary N) is 2. The van der Waals surface area contributed by atoms with E-state index in [1.807, 2.05) is 0 Å². The van der Waals surface area contributed by atoms with Gasteiger partial charge in [-0.25, -0.2) is 19.2 Å². The number of hydrogen-bond donors (Lipinski definition) is 2. The molecule has 0 aromatic heterocycles. The van der Waals surface area contributed by atoms with Crippen molar-refractivity contribution in [3.05, 3.63) is 144 Å². The number of carbonyl (C=O) groups excluding carboxylic acids is 6. The first-order valence-electron chi connectivity index (χ1n) is 27.5. The van der Waals surface area contributed by atoms with Gasteiger partial charge >= 0.3 is 23.9 Å². The van der Waals surface area contributed by atoms with Crippen molar-refractivity contribution in [2.24, 2.45) is 0 Å². The van der Waals surface area contributed by atoms with E-state index in [0.29, 0.717) is 13.0 Å². The zero-order chi connectivity index (χ0) is 53.3. The largest absolute Gasteiger partial charge is 0.459 e. The van der Waals surface area contributed by atoms with Crippen LogP contribution in [0.1, 0.15) is 184 Å². The maximum absolute atomic E-state index is 14.1. The molecule has 1 aliphatic heterocycles. The van der Waals surface area contributed by atoms with E-state index in [1.165, 1.54) is 107 Å². The third-order valence-corrected chi connectivity index (χ3v) is 13.2. The highest BCUT2D eigenvalue weighted by Gasteiger charge is 2.54. The van der Waals surface area contributed by atoms with Gasteiger partial charge in [0.1, 0.15) is 18.8 Å². The van der Waals surface area contributed by atoms with Crippen LogP contribution in [0.15, 0.2) is 121 Å². The molecule has 5 rings (SSSR count). The maximum Gasteiger partial charge on any atom is 0.338 e. The monoisotopic (exact) mass is 1030 g/mol. The number of esters is 4. The van der Waals surface area contributed by atoms with Crippen molar-refractivity contribution in [3.8, 4) is 0 Å². The summed E-state index contributed by atoms with van der Waals surface area (Å²) >= 11 is 0. The lowest BCUT2D eigenvalue weighted by Crippen LogP contribution is -2.63. The van der Waals surface area contributed by atoms with Gasteiger partial charge in [0.25, 0.3) is 0 Å². The van der Waals surface area contributed by atoms with E-state index < -0.39 is 79.7 Å². The Kier molecular flexibility index (Phi) is 27.8. The van der Waals surface area contributed by atoms with Gasteiger partial charge in [0, 0.05) is 13.0 Å². The molecule has 2 unspecified atom stereocenters. The summed E-state index contributed by atoms with van der Waals surface area (Å²) in [5.74, 6) is -4.14. The number of rotatable bonds is 35. The van der Waals surface area contributed by atoms with Crippen molar-refractivity contribution in [2.45, 2.75) is 179 Å². The van der Waals surface area contributed by atoms with Gasteiger partial charge in [0.15, 0.2) is 24.6 Å². The molecule has 0 spiro atoms. The fraction of sp³-hybridized carbons (Fsp3) is 0.508. The molecule has 75 heavy (non-hydrogen) atoms. The Bertz CT molecular complexity index is 2260. The van der Waals surface area contributed by atoms with E-state index in [4.69, 9.17) is 28.4 Å². The molecule has 2 N–H and O–H groups in total. The summed E-state index contributed by atoms with van der Waals surface area (Å²) in [7, 11) is 0. The average molecular weight is 1030 g/mol. The lowest BCUT2D eigenvalue weighted by molar-refractivity contribution is -0.299. The molecule has 0 aliphatic carbocycles.